The second-order valence-electron chi connectivity index (χ2n) is 2.40. The fourth-order valence-corrected chi connectivity index (χ4v) is 0.971. The summed E-state index contributed by atoms with van der Waals surface area (Å²) in [5.41, 5.74) is 0. The molecular formula is C8H12BrO2. The van der Waals surface area contributed by atoms with Gasteiger partial charge in [-0.15, -0.1) is 0 Å². The minimum atomic E-state index is -0.709. The van der Waals surface area contributed by atoms with E-state index in [1.807, 2.05) is 0 Å². The van der Waals surface area contributed by atoms with Crippen molar-refractivity contribution in [1.29, 1.82) is 0 Å². The van der Waals surface area contributed by atoms with E-state index in [1.165, 1.54) is 0 Å². The Kier molecular flexibility index (Phi) is 6.42. The second-order valence-corrected chi connectivity index (χ2v) is 3.32. The molecular weight excluding hydrogens is 208 g/mol. The molecule has 0 heterocycles. The SMILES string of the molecule is CCCCCC(=O)C(Br)[C]=O. The van der Waals surface area contributed by atoms with Crippen LogP contribution in [-0.2, 0) is 9.59 Å². The van der Waals surface area contributed by atoms with Crippen LogP contribution in [0.15, 0.2) is 0 Å². The first-order valence-electron chi connectivity index (χ1n) is 3.76. The van der Waals surface area contributed by atoms with Crippen molar-refractivity contribution in [3.8, 4) is 0 Å². The topological polar surface area (TPSA) is 34.1 Å². The fourth-order valence-electron chi connectivity index (χ4n) is 0.742. The molecule has 0 saturated heterocycles. The van der Waals surface area contributed by atoms with Gasteiger partial charge in [-0.2, -0.15) is 0 Å². The average molecular weight is 220 g/mol. The third kappa shape index (κ3) is 5.13. The molecule has 3 heteroatoms. The first kappa shape index (κ1) is 10.8. The Balaban J connectivity index is 3.44. The van der Waals surface area contributed by atoms with Crippen LogP contribution >= 0.6 is 15.9 Å². The highest BCUT2D eigenvalue weighted by Gasteiger charge is 2.12. The van der Waals surface area contributed by atoms with Crippen molar-refractivity contribution in [2.45, 2.75) is 37.4 Å². The minimum absolute atomic E-state index is 0.0616. The molecule has 0 aliphatic carbocycles. The Morgan fingerprint density at radius 2 is 2.18 bits per heavy atom. The maximum Gasteiger partial charge on any atom is 0.221 e. The molecule has 2 nitrogen and oxygen atoms in total. The van der Waals surface area contributed by atoms with Crippen molar-refractivity contribution in [3.05, 3.63) is 0 Å². The summed E-state index contributed by atoms with van der Waals surface area (Å²) < 4.78 is 0. The summed E-state index contributed by atoms with van der Waals surface area (Å²) in [7, 11) is 0. The molecule has 11 heavy (non-hydrogen) atoms. The normalized spacial score (nSPS) is 12.5. The van der Waals surface area contributed by atoms with Gasteiger partial charge >= 0.3 is 0 Å². The highest BCUT2D eigenvalue weighted by molar-refractivity contribution is 9.10. The summed E-state index contributed by atoms with van der Waals surface area (Å²) in [6.45, 7) is 2.07. The lowest BCUT2D eigenvalue weighted by Gasteiger charge is -1.98. The Morgan fingerprint density at radius 1 is 1.55 bits per heavy atom. The summed E-state index contributed by atoms with van der Waals surface area (Å²) >= 11 is 2.92. The molecule has 0 aromatic heterocycles. The number of carbonyl (C=O) groups excluding carboxylic acids is 2. The molecule has 0 rings (SSSR count). The van der Waals surface area contributed by atoms with E-state index in [2.05, 4.69) is 22.9 Å². The van der Waals surface area contributed by atoms with Crippen LogP contribution in [0.4, 0.5) is 0 Å². The third-order valence-corrected chi connectivity index (χ3v) is 2.11. The molecule has 0 spiro atoms. The lowest BCUT2D eigenvalue weighted by Crippen LogP contribution is -2.14. The van der Waals surface area contributed by atoms with Crippen LogP contribution in [0.25, 0.3) is 0 Å². The van der Waals surface area contributed by atoms with E-state index in [4.69, 9.17) is 0 Å². The van der Waals surface area contributed by atoms with Gasteiger partial charge < -0.3 is 0 Å². The van der Waals surface area contributed by atoms with E-state index in [0.29, 0.717) is 6.42 Å². The molecule has 0 amide bonds. The first-order chi connectivity index (χ1) is 5.22. The number of halogens is 1. The molecule has 0 aliphatic rings. The zero-order chi connectivity index (χ0) is 8.69. The zero-order valence-corrected chi connectivity index (χ0v) is 8.19. The van der Waals surface area contributed by atoms with Crippen molar-refractivity contribution in [1.82, 2.24) is 0 Å². The van der Waals surface area contributed by atoms with Crippen LogP contribution in [-0.4, -0.2) is 16.9 Å². The molecule has 0 bridgehead atoms. The maximum atomic E-state index is 10.9. The van der Waals surface area contributed by atoms with Gasteiger partial charge in [0.2, 0.25) is 6.29 Å². The molecule has 1 atom stereocenters. The van der Waals surface area contributed by atoms with Gasteiger partial charge in [0.1, 0.15) is 4.83 Å². The largest absolute Gasteiger partial charge is 0.298 e. The van der Waals surface area contributed by atoms with Gasteiger partial charge in [-0.25, -0.2) is 0 Å². The smallest absolute Gasteiger partial charge is 0.221 e. The fraction of sp³-hybridized carbons (Fsp3) is 0.750. The van der Waals surface area contributed by atoms with Gasteiger partial charge in [0.15, 0.2) is 5.78 Å². The second kappa shape index (κ2) is 6.53. The van der Waals surface area contributed by atoms with Crippen LogP contribution < -0.4 is 0 Å². The van der Waals surface area contributed by atoms with Gasteiger partial charge in [0.25, 0.3) is 0 Å². The average Bonchev–Trinajstić information content (AvgIpc) is 2.03. The van der Waals surface area contributed by atoms with Crippen molar-refractivity contribution in [3.63, 3.8) is 0 Å². The van der Waals surface area contributed by atoms with Gasteiger partial charge in [0, 0.05) is 6.42 Å². The van der Waals surface area contributed by atoms with Gasteiger partial charge in [-0.05, 0) is 6.42 Å². The summed E-state index contributed by atoms with van der Waals surface area (Å²) in [6, 6.07) is 0. The number of ketones is 1. The third-order valence-electron chi connectivity index (χ3n) is 1.41. The molecule has 0 N–H and O–H groups in total. The number of unbranched alkanes of at least 4 members (excludes halogenated alkanes) is 2. The monoisotopic (exact) mass is 219 g/mol. The minimum Gasteiger partial charge on any atom is -0.298 e. The molecule has 0 fully saturated rings. The number of carbonyl (C=O) groups is 1. The summed E-state index contributed by atoms with van der Waals surface area (Å²) in [6.07, 6.45) is 5.10. The molecule has 1 unspecified atom stereocenters. The summed E-state index contributed by atoms with van der Waals surface area (Å²) in [5, 5.41) is 0. The first-order valence-corrected chi connectivity index (χ1v) is 4.68. The van der Waals surface area contributed by atoms with Crippen LogP contribution in [0.2, 0.25) is 0 Å². The summed E-state index contributed by atoms with van der Waals surface area (Å²) in [5.74, 6) is -0.0616. The van der Waals surface area contributed by atoms with E-state index >= 15 is 0 Å². The highest BCUT2D eigenvalue weighted by Crippen LogP contribution is 2.06. The number of Topliss-reactive ketones (excluding diaryl/α,β-unsaturated/α-hetero) is 1. The lowest BCUT2D eigenvalue weighted by atomic mass is 10.1. The van der Waals surface area contributed by atoms with Gasteiger partial charge in [0.05, 0.1) is 0 Å². The Morgan fingerprint density at radius 3 is 2.64 bits per heavy atom. The van der Waals surface area contributed by atoms with Crippen LogP contribution in [0.5, 0.6) is 0 Å². The van der Waals surface area contributed by atoms with Crippen LogP contribution in [0.3, 0.4) is 0 Å². The van der Waals surface area contributed by atoms with Crippen molar-refractivity contribution >= 4 is 28.0 Å². The zero-order valence-electron chi connectivity index (χ0n) is 6.60. The lowest BCUT2D eigenvalue weighted by molar-refractivity contribution is -0.117. The predicted octanol–water partition coefficient (Wildman–Crippen LogP) is 2.01. The van der Waals surface area contributed by atoms with Crippen molar-refractivity contribution < 1.29 is 9.59 Å². The maximum absolute atomic E-state index is 10.9. The molecule has 0 aromatic carbocycles. The number of alkyl halides is 1. The van der Waals surface area contributed by atoms with E-state index in [9.17, 15) is 9.59 Å². The predicted molar refractivity (Wildman–Crippen MR) is 47.6 cm³/mol. The number of rotatable bonds is 6. The van der Waals surface area contributed by atoms with Gasteiger partial charge in [-0.1, -0.05) is 35.7 Å². The summed E-state index contributed by atoms with van der Waals surface area (Å²) in [4.78, 5) is 20.2. The van der Waals surface area contributed by atoms with E-state index < -0.39 is 4.83 Å². The van der Waals surface area contributed by atoms with Crippen molar-refractivity contribution in [2.24, 2.45) is 0 Å². The Bertz CT molecular complexity index is 134. The Labute approximate surface area is 75.5 Å². The number of hydrogen-bond acceptors (Lipinski definition) is 2. The van der Waals surface area contributed by atoms with Gasteiger partial charge in [-0.3, -0.25) is 9.59 Å². The molecule has 0 aliphatic heterocycles. The molecule has 63 valence electrons. The standard InChI is InChI=1S/C8H12BrO2/c1-2-3-4-5-8(11)7(9)6-10/h7H,2-5H2,1H3. The van der Waals surface area contributed by atoms with Crippen molar-refractivity contribution in [2.75, 3.05) is 0 Å². The molecule has 0 aromatic rings. The highest BCUT2D eigenvalue weighted by atomic mass is 79.9. The van der Waals surface area contributed by atoms with Crippen LogP contribution in [0, 0.1) is 0 Å². The Hall–Kier alpha value is -0.180. The van der Waals surface area contributed by atoms with Crippen LogP contribution in [0.1, 0.15) is 32.6 Å². The van der Waals surface area contributed by atoms with E-state index in [-0.39, 0.29) is 5.78 Å². The quantitative estimate of drug-likeness (QED) is 0.389. The van der Waals surface area contributed by atoms with E-state index in [0.717, 1.165) is 19.3 Å². The molecule has 0 saturated carbocycles. The number of hydrogen-bond donors (Lipinski definition) is 0. The molecule has 1 radical (unpaired) electrons. The van der Waals surface area contributed by atoms with E-state index in [1.54, 1.807) is 6.29 Å².